The Kier molecular flexibility index (Phi) is 6.04. The molecule has 3 rings (SSSR count). The molecule has 2 aromatic rings. The summed E-state index contributed by atoms with van der Waals surface area (Å²) in [4.78, 5) is 8.27. The number of rotatable bonds is 8. The average Bonchev–Trinajstić information content (AvgIpc) is 3.19. The standard InChI is InChI=1S/C20H28N2OS/c1-3-23-16-20(8-6-19-7-12-24-17(19)2)9-11-22(15-20)14-18-5-4-10-21-13-18/h4-5,7,10,12-13H,3,6,8-9,11,14-16H2,1-2H3/t20-/m0/s1. The van der Waals surface area contributed by atoms with Crippen LogP contribution in [0.4, 0.5) is 0 Å². The van der Waals surface area contributed by atoms with Crippen molar-refractivity contribution in [3.63, 3.8) is 0 Å². The van der Waals surface area contributed by atoms with Crippen molar-refractivity contribution in [3.8, 4) is 0 Å². The third-order valence-electron chi connectivity index (χ3n) is 5.15. The maximum atomic E-state index is 5.88. The molecule has 0 aromatic carbocycles. The van der Waals surface area contributed by atoms with Gasteiger partial charge in [-0.3, -0.25) is 9.88 Å². The lowest BCUT2D eigenvalue weighted by molar-refractivity contribution is 0.0489. The van der Waals surface area contributed by atoms with Gasteiger partial charge in [0.15, 0.2) is 0 Å². The zero-order valence-electron chi connectivity index (χ0n) is 14.8. The Morgan fingerprint density at radius 3 is 3.00 bits per heavy atom. The van der Waals surface area contributed by atoms with Crippen LogP contribution in [0.5, 0.6) is 0 Å². The van der Waals surface area contributed by atoms with Crippen LogP contribution in [0.2, 0.25) is 0 Å². The molecule has 1 aliphatic rings. The zero-order valence-corrected chi connectivity index (χ0v) is 15.6. The molecule has 0 unspecified atom stereocenters. The van der Waals surface area contributed by atoms with Crippen molar-refractivity contribution >= 4 is 11.3 Å². The van der Waals surface area contributed by atoms with Crippen molar-refractivity contribution in [1.82, 2.24) is 9.88 Å². The maximum Gasteiger partial charge on any atom is 0.0535 e. The van der Waals surface area contributed by atoms with Crippen LogP contribution in [0, 0.1) is 12.3 Å². The van der Waals surface area contributed by atoms with Gasteiger partial charge in [0.1, 0.15) is 0 Å². The van der Waals surface area contributed by atoms with Gasteiger partial charge in [0, 0.05) is 42.4 Å². The molecule has 1 atom stereocenters. The molecule has 0 bridgehead atoms. The van der Waals surface area contributed by atoms with E-state index < -0.39 is 0 Å². The molecule has 1 aliphatic heterocycles. The summed E-state index contributed by atoms with van der Waals surface area (Å²) in [5.74, 6) is 0. The minimum Gasteiger partial charge on any atom is -0.381 e. The van der Waals surface area contributed by atoms with Gasteiger partial charge in [0.05, 0.1) is 6.61 Å². The minimum absolute atomic E-state index is 0.298. The average molecular weight is 345 g/mol. The van der Waals surface area contributed by atoms with E-state index in [0.29, 0.717) is 5.41 Å². The van der Waals surface area contributed by atoms with E-state index in [1.807, 2.05) is 29.8 Å². The summed E-state index contributed by atoms with van der Waals surface area (Å²) in [5, 5.41) is 2.21. The SMILES string of the molecule is CCOC[C@@]1(CCc2ccsc2C)CCN(Cc2cccnc2)C1. The molecule has 3 nitrogen and oxygen atoms in total. The van der Waals surface area contributed by atoms with Crippen LogP contribution in [0.15, 0.2) is 36.0 Å². The molecular formula is C20H28N2OS. The highest BCUT2D eigenvalue weighted by molar-refractivity contribution is 7.10. The Hall–Kier alpha value is -1.23. The summed E-state index contributed by atoms with van der Waals surface area (Å²) in [6.45, 7) is 9.31. The first-order valence-corrected chi connectivity index (χ1v) is 9.81. The summed E-state index contributed by atoms with van der Waals surface area (Å²) in [6.07, 6.45) is 7.45. The van der Waals surface area contributed by atoms with Crippen molar-refractivity contribution in [3.05, 3.63) is 52.0 Å². The molecule has 2 aromatic heterocycles. The Morgan fingerprint density at radius 2 is 2.29 bits per heavy atom. The van der Waals surface area contributed by atoms with E-state index in [-0.39, 0.29) is 0 Å². The number of aromatic nitrogens is 1. The van der Waals surface area contributed by atoms with Crippen LogP contribution in [0.1, 0.15) is 35.8 Å². The van der Waals surface area contributed by atoms with Crippen LogP contribution >= 0.6 is 11.3 Å². The van der Waals surface area contributed by atoms with E-state index >= 15 is 0 Å². The molecule has 0 aliphatic carbocycles. The Balaban J connectivity index is 1.62. The van der Waals surface area contributed by atoms with E-state index in [4.69, 9.17) is 4.74 Å². The fourth-order valence-electron chi connectivity index (χ4n) is 3.70. The summed E-state index contributed by atoms with van der Waals surface area (Å²) in [5.41, 5.74) is 3.12. The highest BCUT2D eigenvalue weighted by Crippen LogP contribution is 2.37. The molecule has 24 heavy (non-hydrogen) atoms. The van der Waals surface area contributed by atoms with Gasteiger partial charge in [-0.2, -0.15) is 0 Å². The van der Waals surface area contributed by atoms with Gasteiger partial charge in [-0.25, -0.2) is 0 Å². The molecule has 0 radical (unpaired) electrons. The number of hydrogen-bond acceptors (Lipinski definition) is 4. The number of thiophene rings is 1. The Bertz CT molecular complexity index is 628. The number of likely N-dealkylation sites (tertiary alicyclic amines) is 1. The Labute approximate surface area is 149 Å². The quantitative estimate of drug-likeness (QED) is 0.713. The molecule has 130 valence electrons. The second-order valence-corrected chi connectivity index (χ2v) is 8.08. The van der Waals surface area contributed by atoms with Crippen molar-refractivity contribution < 1.29 is 4.74 Å². The molecule has 0 amide bonds. The summed E-state index contributed by atoms with van der Waals surface area (Å²) >= 11 is 1.86. The third kappa shape index (κ3) is 4.44. The topological polar surface area (TPSA) is 25.4 Å². The first-order valence-electron chi connectivity index (χ1n) is 8.93. The molecular weight excluding hydrogens is 316 g/mol. The second-order valence-electron chi connectivity index (χ2n) is 6.96. The third-order valence-corrected chi connectivity index (χ3v) is 6.04. The predicted molar refractivity (Wildman–Crippen MR) is 100 cm³/mol. The lowest BCUT2D eigenvalue weighted by Gasteiger charge is -2.29. The van der Waals surface area contributed by atoms with Crippen molar-refractivity contribution in [1.29, 1.82) is 0 Å². The molecule has 0 saturated carbocycles. The normalized spacial score (nSPS) is 21.4. The van der Waals surface area contributed by atoms with E-state index in [9.17, 15) is 0 Å². The summed E-state index contributed by atoms with van der Waals surface area (Å²) in [6, 6.07) is 6.49. The molecule has 4 heteroatoms. The highest BCUT2D eigenvalue weighted by atomic mass is 32.1. The second kappa shape index (κ2) is 8.24. The van der Waals surface area contributed by atoms with Gasteiger partial charge in [-0.05, 0) is 68.3 Å². The fraction of sp³-hybridized carbons (Fsp3) is 0.550. The molecule has 1 fully saturated rings. The van der Waals surface area contributed by atoms with E-state index in [2.05, 4.69) is 41.2 Å². The van der Waals surface area contributed by atoms with Crippen LogP contribution in [0.3, 0.4) is 0 Å². The van der Waals surface area contributed by atoms with E-state index in [1.54, 1.807) is 0 Å². The van der Waals surface area contributed by atoms with Crippen LogP contribution in [-0.4, -0.2) is 36.2 Å². The van der Waals surface area contributed by atoms with E-state index in [1.165, 1.54) is 35.3 Å². The lowest BCUT2D eigenvalue weighted by Crippen LogP contribution is -2.32. The molecule has 3 heterocycles. The van der Waals surface area contributed by atoms with Gasteiger partial charge >= 0.3 is 0 Å². The monoisotopic (exact) mass is 344 g/mol. The van der Waals surface area contributed by atoms with Crippen molar-refractivity contribution in [2.24, 2.45) is 5.41 Å². The summed E-state index contributed by atoms with van der Waals surface area (Å²) < 4.78 is 5.88. The number of pyridine rings is 1. The lowest BCUT2D eigenvalue weighted by atomic mass is 9.82. The largest absolute Gasteiger partial charge is 0.381 e. The number of ether oxygens (including phenoxy) is 1. The first-order chi connectivity index (χ1) is 11.7. The smallest absolute Gasteiger partial charge is 0.0535 e. The minimum atomic E-state index is 0.298. The van der Waals surface area contributed by atoms with Crippen LogP contribution in [0.25, 0.3) is 0 Å². The maximum absolute atomic E-state index is 5.88. The predicted octanol–water partition coefficient (Wildman–Crippen LogP) is 4.31. The van der Waals surface area contributed by atoms with Crippen molar-refractivity contribution in [2.75, 3.05) is 26.3 Å². The number of nitrogens with zero attached hydrogens (tertiary/aromatic N) is 2. The molecule has 0 N–H and O–H groups in total. The van der Waals surface area contributed by atoms with Gasteiger partial charge < -0.3 is 4.74 Å². The number of aryl methyl sites for hydroxylation is 2. The Morgan fingerprint density at radius 1 is 1.38 bits per heavy atom. The van der Waals surface area contributed by atoms with Crippen LogP contribution < -0.4 is 0 Å². The van der Waals surface area contributed by atoms with Gasteiger partial charge in [0.2, 0.25) is 0 Å². The van der Waals surface area contributed by atoms with Gasteiger partial charge in [-0.15, -0.1) is 11.3 Å². The highest BCUT2D eigenvalue weighted by Gasteiger charge is 2.38. The molecule has 0 spiro atoms. The van der Waals surface area contributed by atoms with Crippen LogP contribution in [-0.2, 0) is 17.7 Å². The van der Waals surface area contributed by atoms with Gasteiger partial charge in [0.25, 0.3) is 0 Å². The summed E-state index contributed by atoms with van der Waals surface area (Å²) in [7, 11) is 0. The van der Waals surface area contributed by atoms with E-state index in [0.717, 1.165) is 32.8 Å². The zero-order chi connectivity index (χ0) is 16.8. The molecule has 1 saturated heterocycles. The first kappa shape index (κ1) is 17.6. The van der Waals surface area contributed by atoms with Crippen molar-refractivity contribution in [2.45, 2.75) is 39.7 Å². The number of hydrogen-bond donors (Lipinski definition) is 0. The fourth-order valence-corrected chi connectivity index (χ4v) is 4.45. The van der Waals surface area contributed by atoms with Gasteiger partial charge in [-0.1, -0.05) is 6.07 Å².